The Morgan fingerprint density at radius 2 is 2.10 bits per heavy atom. The maximum atomic E-state index is 12.1. The molecule has 0 spiro atoms. The van der Waals surface area contributed by atoms with Crippen LogP contribution in [0.1, 0.15) is 10.4 Å². The molecule has 9 heteroatoms. The van der Waals surface area contributed by atoms with Crippen molar-refractivity contribution in [1.82, 2.24) is 9.97 Å². The van der Waals surface area contributed by atoms with Crippen LogP contribution in [0.2, 0.25) is 5.15 Å². The first-order chi connectivity index (χ1) is 9.50. The van der Waals surface area contributed by atoms with Crippen molar-refractivity contribution in [3.8, 4) is 0 Å². The zero-order valence-electron chi connectivity index (χ0n) is 9.71. The van der Waals surface area contributed by atoms with Gasteiger partial charge in [0, 0.05) is 12.4 Å². The van der Waals surface area contributed by atoms with Crippen molar-refractivity contribution in [2.75, 3.05) is 5.32 Å². The van der Waals surface area contributed by atoms with Crippen LogP contribution in [0.3, 0.4) is 0 Å². The second kappa shape index (κ2) is 5.93. The molecular formula is C11H6BrClN4O3. The maximum Gasteiger partial charge on any atom is 0.319 e. The third kappa shape index (κ3) is 2.91. The van der Waals surface area contributed by atoms with E-state index >= 15 is 0 Å². The van der Waals surface area contributed by atoms with Crippen molar-refractivity contribution in [2.45, 2.75) is 0 Å². The number of hydrogen-bond donors (Lipinski definition) is 1. The minimum absolute atomic E-state index is 0.175. The van der Waals surface area contributed by atoms with Gasteiger partial charge in [0.25, 0.3) is 5.91 Å². The standard InChI is InChI=1S/C11H6BrClN4O3/c12-9-7(2-1-4-14-9)16-11(18)6-3-5-15-10(13)8(6)17(19)20/h1-5H,(H,16,18). The Balaban J connectivity index is 2.38. The molecule has 20 heavy (non-hydrogen) atoms. The van der Waals surface area contributed by atoms with Crippen LogP contribution in [0.15, 0.2) is 35.2 Å². The average molecular weight is 358 g/mol. The molecule has 102 valence electrons. The number of anilines is 1. The van der Waals surface area contributed by atoms with Gasteiger partial charge < -0.3 is 5.32 Å². The van der Waals surface area contributed by atoms with Crippen LogP contribution in [0.25, 0.3) is 0 Å². The number of carbonyl (C=O) groups excluding carboxylic acids is 1. The third-order valence-corrected chi connectivity index (χ3v) is 3.22. The first-order valence-electron chi connectivity index (χ1n) is 5.21. The normalized spacial score (nSPS) is 10.1. The molecule has 0 unspecified atom stereocenters. The van der Waals surface area contributed by atoms with Gasteiger partial charge in [-0.05, 0) is 34.1 Å². The molecule has 2 aromatic heterocycles. The Hall–Kier alpha value is -2.06. The van der Waals surface area contributed by atoms with Gasteiger partial charge in [-0.15, -0.1) is 0 Å². The van der Waals surface area contributed by atoms with E-state index in [1.54, 1.807) is 12.1 Å². The lowest BCUT2D eigenvalue weighted by Gasteiger charge is -2.07. The van der Waals surface area contributed by atoms with Crippen LogP contribution in [-0.4, -0.2) is 20.8 Å². The Kier molecular flexibility index (Phi) is 4.26. The minimum Gasteiger partial charge on any atom is -0.319 e. The Bertz CT molecular complexity index is 695. The molecule has 0 saturated carbocycles. The van der Waals surface area contributed by atoms with E-state index in [1.807, 2.05) is 0 Å². The minimum atomic E-state index is -0.747. The molecule has 0 aromatic carbocycles. The first-order valence-corrected chi connectivity index (χ1v) is 6.38. The molecule has 0 bridgehead atoms. The monoisotopic (exact) mass is 356 g/mol. The summed E-state index contributed by atoms with van der Waals surface area (Å²) in [6.07, 6.45) is 2.76. The smallest absolute Gasteiger partial charge is 0.319 e. The molecule has 0 aliphatic carbocycles. The number of nitro groups is 1. The van der Waals surface area contributed by atoms with Gasteiger partial charge in [-0.2, -0.15) is 0 Å². The van der Waals surface area contributed by atoms with Gasteiger partial charge in [-0.25, -0.2) is 9.97 Å². The molecule has 2 rings (SSSR count). The second-order valence-electron chi connectivity index (χ2n) is 3.55. The predicted octanol–water partition coefficient (Wildman–Crippen LogP) is 3.05. The lowest BCUT2D eigenvalue weighted by Crippen LogP contribution is -2.15. The van der Waals surface area contributed by atoms with Gasteiger partial charge >= 0.3 is 5.69 Å². The summed E-state index contributed by atoms with van der Waals surface area (Å²) in [5.74, 6) is -0.672. The summed E-state index contributed by atoms with van der Waals surface area (Å²) in [6, 6.07) is 4.45. The molecule has 1 amide bonds. The molecule has 2 aromatic rings. The molecule has 1 N–H and O–H groups in total. The number of nitrogens with zero attached hydrogens (tertiary/aromatic N) is 3. The molecule has 0 aliphatic heterocycles. The van der Waals surface area contributed by atoms with Crippen LogP contribution in [-0.2, 0) is 0 Å². The predicted molar refractivity (Wildman–Crippen MR) is 75.8 cm³/mol. The van der Waals surface area contributed by atoms with E-state index in [0.29, 0.717) is 10.3 Å². The SMILES string of the molecule is O=C(Nc1cccnc1Br)c1ccnc(Cl)c1[N+](=O)[O-]. The zero-order valence-corrected chi connectivity index (χ0v) is 12.1. The molecule has 0 aliphatic rings. The maximum absolute atomic E-state index is 12.1. The zero-order chi connectivity index (χ0) is 14.7. The number of aromatic nitrogens is 2. The first kappa shape index (κ1) is 14.4. The van der Waals surface area contributed by atoms with E-state index in [4.69, 9.17) is 11.6 Å². The Morgan fingerprint density at radius 1 is 1.35 bits per heavy atom. The molecule has 0 fully saturated rings. The number of rotatable bonds is 3. The highest BCUT2D eigenvalue weighted by Crippen LogP contribution is 2.27. The fourth-order valence-corrected chi connectivity index (χ4v) is 2.03. The van der Waals surface area contributed by atoms with Crippen molar-refractivity contribution in [2.24, 2.45) is 0 Å². The Morgan fingerprint density at radius 3 is 2.75 bits per heavy atom. The highest BCUT2D eigenvalue weighted by molar-refractivity contribution is 9.10. The molecule has 7 nitrogen and oxygen atoms in total. The van der Waals surface area contributed by atoms with Gasteiger partial charge in [-0.1, -0.05) is 11.6 Å². The third-order valence-electron chi connectivity index (χ3n) is 2.31. The quantitative estimate of drug-likeness (QED) is 0.517. The van der Waals surface area contributed by atoms with Crippen molar-refractivity contribution in [3.05, 3.63) is 56.0 Å². The fourth-order valence-electron chi connectivity index (χ4n) is 1.45. The van der Waals surface area contributed by atoms with Crippen molar-refractivity contribution < 1.29 is 9.72 Å². The summed E-state index contributed by atoms with van der Waals surface area (Å²) >= 11 is 8.81. The van der Waals surface area contributed by atoms with Gasteiger partial charge in [0.2, 0.25) is 5.15 Å². The number of pyridine rings is 2. The van der Waals surface area contributed by atoms with Gasteiger partial charge in [-0.3, -0.25) is 14.9 Å². The molecule has 2 heterocycles. The number of nitrogens with one attached hydrogen (secondary N) is 1. The molecule has 0 atom stereocenters. The summed E-state index contributed by atoms with van der Waals surface area (Å²) in [5, 5.41) is 13.1. The largest absolute Gasteiger partial charge is 0.319 e. The van der Waals surface area contributed by atoms with Crippen molar-refractivity contribution in [3.63, 3.8) is 0 Å². The summed E-state index contributed by atoms with van der Waals surface area (Å²) in [4.78, 5) is 29.8. The summed E-state index contributed by atoms with van der Waals surface area (Å²) < 4.78 is 0.413. The van der Waals surface area contributed by atoms with E-state index in [2.05, 4.69) is 31.2 Å². The molecule has 0 saturated heterocycles. The summed E-state index contributed by atoms with van der Waals surface area (Å²) in [5.41, 5.74) is -0.322. The molecule has 0 radical (unpaired) electrons. The van der Waals surface area contributed by atoms with Crippen LogP contribution in [0.4, 0.5) is 11.4 Å². The highest BCUT2D eigenvalue weighted by atomic mass is 79.9. The van der Waals surface area contributed by atoms with Crippen LogP contribution in [0.5, 0.6) is 0 Å². The van der Waals surface area contributed by atoms with Gasteiger partial charge in [0.15, 0.2) is 0 Å². The summed E-state index contributed by atoms with van der Waals surface area (Å²) in [6.45, 7) is 0. The number of carbonyl (C=O) groups is 1. The fraction of sp³-hybridized carbons (Fsp3) is 0. The average Bonchev–Trinajstić information content (AvgIpc) is 2.40. The van der Waals surface area contributed by atoms with Crippen LogP contribution >= 0.6 is 27.5 Å². The highest BCUT2D eigenvalue weighted by Gasteiger charge is 2.25. The van der Waals surface area contributed by atoms with E-state index < -0.39 is 16.5 Å². The van der Waals surface area contributed by atoms with E-state index in [1.165, 1.54) is 18.5 Å². The van der Waals surface area contributed by atoms with E-state index in [9.17, 15) is 14.9 Å². The lowest BCUT2D eigenvalue weighted by molar-refractivity contribution is -0.385. The topological polar surface area (TPSA) is 98.0 Å². The van der Waals surface area contributed by atoms with Gasteiger partial charge in [0.1, 0.15) is 10.2 Å². The Labute approximate surface area is 126 Å². The van der Waals surface area contributed by atoms with Crippen LogP contribution in [0, 0.1) is 10.1 Å². The lowest BCUT2D eigenvalue weighted by atomic mass is 10.2. The van der Waals surface area contributed by atoms with E-state index in [-0.39, 0.29) is 10.7 Å². The number of halogens is 2. The second-order valence-corrected chi connectivity index (χ2v) is 4.66. The molecular weight excluding hydrogens is 352 g/mol. The number of hydrogen-bond acceptors (Lipinski definition) is 5. The van der Waals surface area contributed by atoms with Crippen LogP contribution < -0.4 is 5.32 Å². The van der Waals surface area contributed by atoms with E-state index in [0.717, 1.165) is 0 Å². The van der Waals surface area contributed by atoms with Gasteiger partial charge in [0.05, 0.1) is 10.6 Å². The number of amides is 1. The summed E-state index contributed by atoms with van der Waals surface area (Å²) in [7, 11) is 0. The van der Waals surface area contributed by atoms with Crippen molar-refractivity contribution >= 4 is 44.8 Å². The van der Waals surface area contributed by atoms with Crippen molar-refractivity contribution in [1.29, 1.82) is 0 Å².